The Morgan fingerprint density at radius 3 is 3.16 bits per heavy atom. The summed E-state index contributed by atoms with van der Waals surface area (Å²) >= 11 is 0. The van der Waals surface area contributed by atoms with E-state index in [-0.39, 0.29) is 0 Å². The van der Waals surface area contributed by atoms with E-state index in [1.807, 2.05) is 12.3 Å². The molecule has 0 radical (unpaired) electrons. The van der Waals surface area contributed by atoms with Gasteiger partial charge in [0.25, 0.3) is 0 Å². The highest BCUT2D eigenvalue weighted by atomic mass is 16.5. The molecular formula is C12H12N6O. The highest BCUT2D eigenvalue weighted by Crippen LogP contribution is 2.12. The van der Waals surface area contributed by atoms with Crippen LogP contribution in [0.5, 0.6) is 5.88 Å². The first kappa shape index (κ1) is 11.4. The van der Waals surface area contributed by atoms with Crippen molar-refractivity contribution in [3.05, 3.63) is 42.6 Å². The van der Waals surface area contributed by atoms with Gasteiger partial charge in [0.15, 0.2) is 5.65 Å². The maximum atomic E-state index is 5.02. The fourth-order valence-electron chi connectivity index (χ4n) is 1.72. The molecule has 0 spiro atoms. The number of rotatable bonds is 4. The first-order valence-corrected chi connectivity index (χ1v) is 5.74. The summed E-state index contributed by atoms with van der Waals surface area (Å²) in [5, 5.41) is 7.39. The van der Waals surface area contributed by atoms with Gasteiger partial charge in [0, 0.05) is 24.5 Å². The minimum absolute atomic E-state index is 0.475. The molecule has 3 rings (SSSR count). The molecule has 3 heterocycles. The third-order valence-electron chi connectivity index (χ3n) is 2.63. The zero-order valence-corrected chi connectivity index (χ0v) is 10.3. The van der Waals surface area contributed by atoms with Crippen molar-refractivity contribution in [3.63, 3.8) is 0 Å². The molecule has 7 heteroatoms. The van der Waals surface area contributed by atoms with E-state index in [1.165, 1.54) is 0 Å². The lowest BCUT2D eigenvalue weighted by Crippen LogP contribution is -2.03. The Morgan fingerprint density at radius 2 is 2.26 bits per heavy atom. The summed E-state index contributed by atoms with van der Waals surface area (Å²) in [7, 11) is 1.56. The molecule has 0 unspecified atom stereocenters. The number of fused-ring (bicyclic) bond motifs is 1. The van der Waals surface area contributed by atoms with Crippen LogP contribution in [0.4, 0.5) is 5.82 Å². The highest BCUT2D eigenvalue weighted by molar-refractivity contribution is 5.47. The maximum Gasteiger partial charge on any atom is 0.233 e. The Bertz CT molecular complexity index is 695. The monoisotopic (exact) mass is 256 g/mol. The maximum absolute atomic E-state index is 5.02. The molecule has 0 aliphatic rings. The predicted octanol–water partition coefficient (Wildman–Crippen LogP) is 1.14. The van der Waals surface area contributed by atoms with Crippen molar-refractivity contribution in [3.8, 4) is 5.88 Å². The van der Waals surface area contributed by atoms with Crippen molar-refractivity contribution in [2.24, 2.45) is 0 Å². The van der Waals surface area contributed by atoms with Gasteiger partial charge >= 0.3 is 0 Å². The summed E-state index contributed by atoms with van der Waals surface area (Å²) in [6.07, 6.45) is 8.58. The molecule has 0 fully saturated rings. The van der Waals surface area contributed by atoms with E-state index in [2.05, 4.69) is 25.4 Å². The predicted molar refractivity (Wildman–Crippen MR) is 68.9 cm³/mol. The number of hydrogen-bond donors (Lipinski definition) is 1. The van der Waals surface area contributed by atoms with E-state index < -0.39 is 0 Å². The van der Waals surface area contributed by atoms with E-state index in [0.717, 1.165) is 11.2 Å². The van der Waals surface area contributed by atoms with Crippen molar-refractivity contribution < 1.29 is 4.74 Å². The molecule has 1 N–H and O–H groups in total. The van der Waals surface area contributed by atoms with Crippen LogP contribution in [-0.2, 0) is 6.54 Å². The summed E-state index contributed by atoms with van der Waals surface area (Å²) in [6, 6.07) is 1.84. The molecule has 7 nitrogen and oxygen atoms in total. The van der Waals surface area contributed by atoms with Crippen LogP contribution in [0.3, 0.4) is 0 Å². The summed E-state index contributed by atoms with van der Waals surface area (Å²) in [5.41, 5.74) is 1.82. The van der Waals surface area contributed by atoms with Crippen LogP contribution in [0.15, 0.2) is 37.1 Å². The zero-order valence-electron chi connectivity index (χ0n) is 10.3. The van der Waals surface area contributed by atoms with Crippen LogP contribution in [0.1, 0.15) is 5.56 Å². The van der Waals surface area contributed by atoms with Crippen LogP contribution < -0.4 is 10.1 Å². The Hall–Kier alpha value is -2.70. The smallest absolute Gasteiger partial charge is 0.233 e. The number of aromatic nitrogens is 5. The SMILES string of the molecule is COc1cncc(NCc2cnn3cccnc23)n1. The molecule has 0 aliphatic carbocycles. The molecule has 0 aromatic carbocycles. The molecule has 19 heavy (non-hydrogen) atoms. The third-order valence-corrected chi connectivity index (χ3v) is 2.63. The Morgan fingerprint density at radius 1 is 1.32 bits per heavy atom. The quantitative estimate of drug-likeness (QED) is 0.754. The van der Waals surface area contributed by atoms with Gasteiger partial charge in [0.05, 0.1) is 25.7 Å². The second kappa shape index (κ2) is 4.89. The molecule has 3 aromatic heterocycles. The van der Waals surface area contributed by atoms with Crippen molar-refractivity contribution in [2.75, 3.05) is 12.4 Å². The van der Waals surface area contributed by atoms with Gasteiger partial charge in [-0.15, -0.1) is 0 Å². The lowest BCUT2D eigenvalue weighted by atomic mass is 10.3. The molecule has 3 aromatic rings. The lowest BCUT2D eigenvalue weighted by Gasteiger charge is -2.05. The summed E-state index contributed by atoms with van der Waals surface area (Å²) in [4.78, 5) is 12.5. The second-order valence-electron chi connectivity index (χ2n) is 3.86. The summed E-state index contributed by atoms with van der Waals surface area (Å²) < 4.78 is 6.75. The van der Waals surface area contributed by atoms with Crippen LogP contribution >= 0.6 is 0 Å². The third kappa shape index (κ3) is 2.30. The number of ether oxygens (including phenoxy) is 1. The van der Waals surface area contributed by atoms with Gasteiger partial charge in [0.2, 0.25) is 5.88 Å². The number of anilines is 1. The van der Waals surface area contributed by atoms with Gasteiger partial charge in [-0.05, 0) is 6.07 Å². The first-order chi connectivity index (χ1) is 9.36. The Labute approximate surface area is 109 Å². The number of methoxy groups -OCH3 is 1. The van der Waals surface area contributed by atoms with Gasteiger partial charge in [0.1, 0.15) is 5.82 Å². The standard InChI is InChI=1S/C12H12N6O/c1-19-11-8-13-7-10(17-11)15-5-9-6-16-18-4-2-3-14-12(9)18/h2-4,6-8H,5H2,1H3,(H,15,17). The topological polar surface area (TPSA) is 77.2 Å². The fraction of sp³-hybridized carbons (Fsp3) is 0.167. The Kier molecular flexibility index (Phi) is 2.93. The number of hydrogen-bond acceptors (Lipinski definition) is 6. The minimum atomic E-state index is 0.475. The average molecular weight is 256 g/mol. The van der Waals surface area contributed by atoms with Crippen LogP contribution in [0.2, 0.25) is 0 Å². The minimum Gasteiger partial charge on any atom is -0.480 e. The molecular weight excluding hydrogens is 244 g/mol. The van der Waals surface area contributed by atoms with Gasteiger partial charge in [-0.1, -0.05) is 0 Å². The van der Waals surface area contributed by atoms with Gasteiger partial charge in [-0.3, -0.25) is 4.98 Å². The molecule has 0 aliphatic heterocycles. The molecule has 0 saturated heterocycles. The van der Waals surface area contributed by atoms with Crippen LogP contribution in [-0.4, -0.2) is 31.7 Å². The highest BCUT2D eigenvalue weighted by Gasteiger charge is 2.05. The van der Waals surface area contributed by atoms with E-state index in [1.54, 1.807) is 36.4 Å². The molecule has 0 atom stereocenters. The van der Waals surface area contributed by atoms with Crippen molar-refractivity contribution in [2.45, 2.75) is 6.54 Å². The normalized spacial score (nSPS) is 10.6. The largest absolute Gasteiger partial charge is 0.480 e. The summed E-state index contributed by atoms with van der Waals surface area (Å²) in [5.74, 6) is 1.12. The lowest BCUT2D eigenvalue weighted by molar-refractivity contribution is 0.396. The Balaban J connectivity index is 1.78. The molecule has 0 saturated carbocycles. The van der Waals surface area contributed by atoms with E-state index in [0.29, 0.717) is 18.2 Å². The van der Waals surface area contributed by atoms with E-state index in [4.69, 9.17) is 4.74 Å². The second-order valence-corrected chi connectivity index (χ2v) is 3.86. The van der Waals surface area contributed by atoms with Gasteiger partial charge < -0.3 is 10.1 Å². The molecule has 0 amide bonds. The van der Waals surface area contributed by atoms with Gasteiger partial charge in [-0.25, -0.2) is 9.50 Å². The van der Waals surface area contributed by atoms with Crippen molar-refractivity contribution >= 4 is 11.5 Å². The van der Waals surface area contributed by atoms with E-state index in [9.17, 15) is 0 Å². The van der Waals surface area contributed by atoms with Crippen LogP contribution in [0.25, 0.3) is 5.65 Å². The number of nitrogens with zero attached hydrogens (tertiary/aromatic N) is 5. The summed E-state index contributed by atoms with van der Waals surface area (Å²) in [6.45, 7) is 0.572. The average Bonchev–Trinajstić information content (AvgIpc) is 2.89. The zero-order chi connectivity index (χ0) is 13.1. The van der Waals surface area contributed by atoms with Crippen LogP contribution in [0, 0.1) is 0 Å². The van der Waals surface area contributed by atoms with Crippen molar-refractivity contribution in [1.29, 1.82) is 0 Å². The van der Waals surface area contributed by atoms with Gasteiger partial charge in [-0.2, -0.15) is 10.1 Å². The first-order valence-electron chi connectivity index (χ1n) is 5.74. The fourth-order valence-corrected chi connectivity index (χ4v) is 1.72. The molecule has 96 valence electrons. The van der Waals surface area contributed by atoms with Crippen molar-refractivity contribution in [1.82, 2.24) is 24.6 Å². The van der Waals surface area contributed by atoms with E-state index >= 15 is 0 Å². The number of nitrogens with one attached hydrogen (secondary N) is 1. The molecule has 0 bridgehead atoms.